The molecule has 0 aromatic carbocycles. The highest BCUT2D eigenvalue weighted by molar-refractivity contribution is 6.99. The molecule has 0 unspecified atom stereocenters. The second-order valence-electron chi connectivity index (χ2n) is 4.99. The molecule has 0 spiro atoms. The number of aryl methyl sites for hydroxylation is 1. The number of nitrogens with zero attached hydrogens (tertiary/aromatic N) is 7. The quantitative estimate of drug-likeness (QED) is 0.784. The zero-order valence-corrected chi connectivity index (χ0v) is 12.7. The van der Waals surface area contributed by atoms with Crippen molar-refractivity contribution in [1.29, 1.82) is 0 Å². The molecule has 2 aromatic heterocycles. The van der Waals surface area contributed by atoms with Crippen molar-refractivity contribution in [3.8, 4) is 0 Å². The maximum absolute atomic E-state index is 12.3. The van der Waals surface area contributed by atoms with E-state index in [9.17, 15) is 4.79 Å². The molecule has 9 heteroatoms. The lowest BCUT2D eigenvalue weighted by Crippen LogP contribution is -2.49. The molecular weight excluding hydrogens is 290 g/mol. The third-order valence-electron chi connectivity index (χ3n) is 3.63. The highest BCUT2D eigenvalue weighted by atomic mass is 32.1. The smallest absolute Gasteiger partial charge is 0.275 e. The summed E-state index contributed by atoms with van der Waals surface area (Å²) in [5, 5.41) is 4.09. The minimum Gasteiger partial charge on any atom is -0.335 e. The second kappa shape index (κ2) is 6.27. The normalized spacial score (nSPS) is 16.3. The van der Waals surface area contributed by atoms with Crippen LogP contribution in [0.25, 0.3) is 0 Å². The summed E-state index contributed by atoms with van der Waals surface area (Å²) in [6, 6.07) is 0. The molecule has 0 N–H and O–H groups in total. The molecule has 21 heavy (non-hydrogen) atoms. The van der Waals surface area contributed by atoms with Crippen molar-refractivity contribution in [2.75, 3.05) is 32.7 Å². The summed E-state index contributed by atoms with van der Waals surface area (Å²) in [6.07, 6.45) is 3.26. The van der Waals surface area contributed by atoms with Crippen molar-refractivity contribution in [3.05, 3.63) is 24.0 Å². The standard InChI is InChI=1S/C12H17N7OS/c1-10-11(16-21-15-10)12(20)18-5-2-17(3-6-18)4-7-19-9-13-8-14-19/h8-9H,2-7H2,1H3. The lowest BCUT2D eigenvalue weighted by molar-refractivity contribution is 0.0626. The Kier molecular flexibility index (Phi) is 4.20. The van der Waals surface area contributed by atoms with Gasteiger partial charge in [-0.05, 0) is 6.92 Å². The molecule has 1 amide bonds. The summed E-state index contributed by atoms with van der Waals surface area (Å²) < 4.78 is 9.97. The number of aromatic nitrogens is 5. The third kappa shape index (κ3) is 3.24. The van der Waals surface area contributed by atoms with Gasteiger partial charge in [0.2, 0.25) is 0 Å². The van der Waals surface area contributed by atoms with Gasteiger partial charge >= 0.3 is 0 Å². The highest BCUT2D eigenvalue weighted by Gasteiger charge is 2.24. The molecule has 3 heterocycles. The Labute approximate surface area is 126 Å². The van der Waals surface area contributed by atoms with Crippen molar-refractivity contribution < 1.29 is 4.79 Å². The average molecular weight is 307 g/mol. The van der Waals surface area contributed by atoms with E-state index < -0.39 is 0 Å². The molecule has 3 rings (SSSR count). The minimum atomic E-state index is -0.00261. The van der Waals surface area contributed by atoms with E-state index >= 15 is 0 Å². The molecular formula is C12H17N7OS. The predicted molar refractivity (Wildman–Crippen MR) is 77.0 cm³/mol. The Hall–Kier alpha value is -1.87. The van der Waals surface area contributed by atoms with E-state index in [0.717, 1.165) is 56.7 Å². The number of piperazine rings is 1. The van der Waals surface area contributed by atoms with E-state index in [-0.39, 0.29) is 5.91 Å². The minimum absolute atomic E-state index is 0.00261. The molecule has 1 aliphatic heterocycles. The van der Waals surface area contributed by atoms with Crippen LogP contribution in [0.15, 0.2) is 12.7 Å². The first-order valence-corrected chi connectivity index (χ1v) is 7.60. The van der Waals surface area contributed by atoms with Gasteiger partial charge in [-0.25, -0.2) is 4.98 Å². The van der Waals surface area contributed by atoms with Gasteiger partial charge in [-0.2, -0.15) is 13.8 Å². The highest BCUT2D eigenvalue weighted by Crippen LogP contribution is 2.11. The lowest BCUT2D eigenvalue weighted by atomic mass is 10.2. The summed E-state index contributed by atoms with van der Waals surface area (Å²) in [5.41, 5.74) is 1.22. The van der Waals surface area contributed by atoms with Crippen LogP contribution in [0.5, 0.6) is 0 Å². The van der Waals surface area contributed by atoms with Gasteiger partial charge in [-0.1, -0.05) is 0 Å². The average Bonchev–Trinajstić information content (AvgIpc) is 3.16. The number of carbonyl (C=O) groups is 1. The Bertz CT molecular complexity index is 589. The molecule has 0 bridgehead atoms. The molecule has 0 saturated carbocycles. The molecule has 112 valence electrons. The largest absolute Gasteiger partial charge is 0.335 e. The molecule has 1 saturated heterocycles. The molecule has 2 aromatic rings. The van der Waals surface area contributed by atoms with Crippen LogP contribution in [-0.2, 0) is 6.54 Å². The van der Waals surface area contributed by atoms with Crippen molar-refractivity contribution in [1.82, 2.24) is 33.3 Å². The molecule has 0 atom stereocenters. The number of hydrogen-bond donors (Lipinski definition) is 0. The van der Waals surface area contributed by atoms with E-state index in [0.29, 0.717) is 5.69 Å². The van der Waals surface area contributed by atoms with Crippen LogP contribution in [0.2, 0.25) is 0 Å². The van der Waals surface area contributed by atoms with Crippen LogP contribution < -0.4 is 0 Å². The molecule has 8 nitrogen and oxygen atoms in total. The number of amides is 1. The van der Waals surface area contributed by atoms with Gasteiger partial charge in [0.1, 0.15) is 12.7 Å². The zero-order valence-electron chi connectivity index (χ0n) is 11.8. The van der Waals surface area contributed by atoms with Gasteiger partial charge in [0, 0.05) is 32.7 Å². The summed E-state index contributed by atoms with van der Waals surface area (Å²) in [6.45, 7) is 6.77. The second-order valence-corrected chi connectivity index (χ2v) is 5.52. The maximum Gasteiger partial charge on any atom is 0.275 e. The number of rotatable bonds is 4. The van der Waals surface area contributed by atoms with Crippen molar-refractivity contribution >= 4 is 17.6 Å². The molecule has 1 aliphatic rings. The molecule has 1 fully saturated rings. The first-order valence-electron chi connectivity index (χ1n) is 6.87. The first-order chi connectivity index (χ1) is 10.2. The van der Waals surface area contributed by atoms with Gasteiger partial charge in [0.25, 0.3) is 5.91 Å². The Morgan fingerprint density at radius 3 is 2.67 bits per heavy atom. The van der Waals surface area contributed by atoms with E-state index in [1.54, 1.807) is 12.7 Å². The monoisotopic (exact) mass is 307 g/mol. The van der Waals surface area contributed by atoms with Gasteiger partial charge in [-0.15, -0.1) is 0 Å². The van der Waals surface area contributed by atoms with Crippen molar-refractivity contribution in [2.45, 2.75) is 13.5 Å². The van der Waals surface area contributed by atoms with Gasteiger partial charge in [0.15, 0.2) is 5.69 Å². The maximum atomic E-state index is 12.3. The summed E-state index contributed by atoms with van der Waals surface area (Å²) >= 11 is 1.09. The van der Waals surface area contributed by atoms with Crippen molar-refractivity contribution in [3.63, 3.8) is 0 Å². The van der Waals surface area contributed by atoms with Gasteiger partial charge in [0.05, 0.1) is 24.0 Å². The van der Waals surface area contributed by atoms with Crippen LogP contribution in [0.4, 0.5) is 0 Å². The zero-order chi connectivity index (χ0) is 14.7. The van der Waals surface area contributed by atoms with E-state index in [1.165, 1.54) is 0 Å². The summed E-state index contributed by atoms with van der Waals surface area (Å²) in [7, 11) is 0. The van der Waals surface area contributed by atoms with Crippen LogP contribution in [0.1, 0.15) is 16.2 Å². The summed E-state index contributed by atoms with van der Waals surface area (Å²) in [5.74, 6) is -0.00261. The van der Waals surface area contributed by atoms with E-state index in [2.05, 4.69) is 23.7 Å². The number of hydrogen-bond acceptors (Lipinski definition) is 7. The fourth-order valence-corrected chi connectivity index (χ4v) is 2.88. The first kappa shape index (κ1) is 14.1. The Morgan fingerprint density at radius 1 is 1.24 bits per heavy atom. The summed E-state index contributed by atoms with van der Waals surface area (Å²) in [4.78, 5) is 20.4. The van der Waals surface area contributed by atoms with Crippen LogP contribution >= 0.6 is 11.7 Å². The molecule has 0 aliphatic carbocycles. The Morgan fingerprint density at radius 2 is 2.05 bits per heavy atom. The van der Waals surface area contributed by atoms with E-state index in [4.69, 9.17) is 0 Å². The third-order valence-corrected chi connectivity index (χ3v) is 4.25. The van der Waals surface area contributed by atoms with Gasteiger partial charge < -0.3 is 4.90 Å². The van der Waals surface area contributed by atoms with Crippen LogP contribution in [0, 0.1) is 6.92 Å². The number of carbonyl (C=O) groups excluding carboxylic acids is 1. The van der Waals surface area contributed by atoms with E-state index in [1.807, 2.05) is 16.5 Å². The fourth-order valence-electron chi connectivity index (χ4n) is 2.34. The van der Waals surface area contributed by atoms with Gasteiger partial charge in [-0.3, -0.25) is 14.4 Å². The Balaban J connectivity index is 1.49. The predicted octanol–water partition coefficient (Wildman–Crippen LogP) is -0.104. The van der Waals surface area contributed by atoms with Crippen molar-refractivity contribution in [2.24, 2.45) is 0 Å². The van der Waals surface area contributed by atoms with Crippen LogP contribution in [-0.4, -0.2) is 71.9 Å². The topological polar surface area (TPSA) is 80.0 Å². The fraction of sp³-hybridized carbons (Fsp3) is 0.583. The SMILES string of the molecule is Cc1nsnc1C(=O)N1CCN(CCn2cncn2)CC1. The lowest BCUT2D eigenvalue weighted by Gasteiger charge is -2.34. The van der Waals surface area contributed by atoms with Crippen LogP contribution in [0.3, 0.4) is 0 Å². The molecule has 0 radical (unpaired) electrons.